The topological polar surface area (TPSA) is 63.2 Å². The van der Waals surface area contributed by atoms with Crippen molar-refractivity contribution < 1.29 is 13.2 Å². The number of hydrogen-bond donors (Lipinski definition) is 1. The van der Waals surface area contributed by atoms with Crippen LogP contribution in [0, 0.1) is 0 Å². The molecule has 0 aliphatic rings. The van der Waals surface area contributed by atoms with E-state index >= 15 is 0 Å². The molecule has 0 saturated carbocycles. The maximum absolute atomic E-state index is 11.0. The predicted octanol–water partition coefficient (Wildman–Crippen LogP) is 0.371. The van der Waals surface area contributed by atoms with Crippen LogP contribution >= 0.6 is 11.8 Å². The lowest BCUT2D eigenvalue weighted by molar-refractivity contribution is -0.107. The van der Waals surface area contributed by atoms with E-state index in [9.17, 15) is 13.2 Å². The second-order valence-electron chi connectivity index (χ2n) is 2.58. The van der Waals surface area contributed by atoms with Gasteiger partial charge in [0.1, 0.15) is 0 Å². The molecule has 6 heteroatoms. The van der Waals surface area contributed by atoms with Crippen molar-refractivity contribution in [2.24, 2.45) is 0 Å². The SMILES string of the molecule is C=C(C)C(=O)SCCNS(C)(=O)=O. The smallest absolute Gasteiger partial charge is 0.214 e. The molecule has 0 aliphatic heterocycles. The third kappa shape index (κ3) is 8.01. The molecule has 0 amide bonds. The summed E-state index contributed by atoms with van der Waals surface area (Å²) in [5.74, 6) is 0.429. The molecule has 0 bridgehead atoms. The largest absolute Gasteiger partial charge is 0.282 e. The highest BCUT2D eigenvalue weighted by atomic mass is 32.2. The van der Waals surface area contributed by atoms with Crippen LogP contribution in [-0.2, 0) is 14.8 Å². The van der Waals surface area contributed by atoms with Crippen LogP contribution in [0.15, 0.2) is 12.2 Å². The molecule has 0 aromatic heterocycles. The summed E-state index contributed by atoms with van der Waals surface area (Å²) in [6.45, 7) is 5.36. The van der Waals surface area contributed by atoms with Gasteiger partial charge < -0.3 is 0 Å². The molecule has 0 atom stereocenters. The van der Waals surface area contributed by atoms with Crippen LogP contribution in [0.4, 0.5) is 0 Å². The van der Waals surface area contributed by atoms with E-state index < -0.39 is 10.0 Å². The zero-order valence-corrected chi connectivity index (χ0v) is 9.30. The summed E-state index contributed by atoms with van der Waals surface area (Å²) in [4.78, 5) is 11.0. The van der Waals surface area contributed by atoms with Crippen LogP contribution in [0.1, 0.15) is 6.92 Å². The normalized spacial score (nSPS) is 11.2. The lowest BCUT2D eigenvalue weighted by Crippen LogP contribution is -2.24. The molecule has 0 unspecified atom stereocenters. The first-order chi connectivity index (χ1) is 5.83. The minimum Gasteiger partial charge on any atom is -0.282 e. The minimum atomic E-state index is -3.14. The molecular weight excluding hydrogens is 210 g/mol. The fourth-order valence-electron chi connectivity index (χ4n) is 0.494. The van der Waals surface area contributed by atoms with Gasteiger partial charge in [0.2, 0.25) is 15.1 Å². The number of thioether (sulfide) groups is 1. The van der Waals surface area contributed by atoms with E-state index in [1.165, 1.54) is 0 Å². The summed E-state index contributed by atoms with van der Waals surface area (Å²) in [5, 5.41) is -0.102. The maximum atomic E-state index is 11.0. The lowest BCUT2D eigenvalue weighted by Gasteiger charge is -2.00. The van der Waals surface area contributed by atoms with Gasteiger partial charge in [-0.05, 0) is 12.5 Å². The molecule has 0 spiro atoms. The number of hydrogen-bond acceptors (Lipinski definition) is 4. The van der Waals surface area contributed by atoms with Crippen molar-refractivity contribution in [2.75, 3.05) is 18.6 Å². The molecule has 0 fully saturated rings. The highest BCUT2D eigenvalue weighted by Gasteiger charge is 2.04. The maximum Gasteiger partial charge on any atom is 0.214 e. The first-order valence-electron chi connectivity index (χ1n) is 3.60. The van der Waals surface area contributed by atoms with Crippen LogP contribution in [-0.4, -0.2) is 32.1 Å². The Kier molecular flexibility index (Phi) is 5.27. The van der Waals surface area contributed by atoms with Gasteiger partial charge >= 0.3 is 0 Å². The number of rotatable bonds is 5. The molecule has 76 valence electrons. The second kappa shape index (κ2) is 5.41. The van der Waals surface area contributed by atoms with Crippen LogP contribution in [0.2, 0.25) is 0 Å². The Labute approximate surface area is 82.8 Å². The van der Waals surface area contributed by atoms with E-state index in [-0.39, 0.29) is 11.7 Å². The fraction of sp³-hybridized carbons (Fsp3) is 0.571. The van der Waals surface area contributed by atoms with E-state index in [0.717, 1.165) is 18.0 Å². The Morgan fingerprint density at radius 2 is 2.08 bits per heavy atom. The van der Waals surface area contributed by atoms with Crippen molar-refractivity contribution in [3.05, 3.63) is 12.2 Å². The van der Waals surface area contributed by atoms with Gasteiger partial charge in [-0.25, -0.2) is 13.1 Å². The van der Waals surface area contributed by atoms with Crippen molar-refractivity contribution in [1.29, 1.82) is 0 Å². The first-order valence-corrected chi connectivity index (χ1v) is 6.48. The highest BCUT2D eigenvalue weighted by Crippen LogP contribution is 2.06. The second-order valence-corrected chi connectivity index (χ2v) is 5.48. The van der Waals surface area contributed by atoms with E-state index in [2.05, 4.69) is 11.3 Å². The quantitative estimate of drug-likeness (QED) is 0.540. The van der Waals surface area contributed by atoms with Gasteiger partial charge in [-0.2, -0.15) is 0 Å². The standard InChI is InChI=1S/C7H13NO3S2/c1-6(2)7(9)12-5-4-8-13(3,10)11/h8H,1,4-5H2,2-3H3. The Morgan fingerprint density at radius 3 is 2.46 bits per heavy atom. The summed E-state index contributed by atoms with van der Waals surface area (Å²) in [6, 6.07) is 0. The molecule has 0 rings (SSSR count). The molecule has 13 heavy (non-hydrogen) atoms. The van der Waals surface area contributed by atoms with E-state index in [4.69, 9.17) is 0 Å². The van der Waals surface area contributed by atoms with Gasteiger partial charge in [0.25, 0.3) is 0 Å². The molecule has 4 nitrogen and oxygen atoms in total. The van der Waals surface area contributed by atoms with Crippen molar-refractivity contribution >= 4 is 26.9 Å². The summed E-state index contributed by atoms with van der Waals surface area (Å²) in [5.41, 5.74) is 0.476. The van der Waals surface area contributed by atoms with Gasteiger partial charge in [0.15, 0.2) is 0 Å². The van der Waals surface area contributed by atoms with Crippen LogP contribution < -0.4 is 4.72 Å². The van der Waals surface area contributed by atoms with Crippen molar-refractivity contribution in [2.45, 2.75) is 6.92 Å². The van der Waals surface area contributed by atoms with E-state index in [1.807, 2.05) is 0 Å². The van der Waals surface area contributed by atoms with Crippen LogP contribution in [0.5, 0.6) is 0 Å². The molecule has 0 saturated heterocycles. The Morgan fingerprint density at radius 1 is 1.54 bits per heavy atom. The Balaban J connectivity index is 3.59. The molecule has 1 N–H and O–H groups in total. The third-order valence-electron chi connectivity index (χ3n) is 1.05. The van der Waals surface area contributed by atoms with Crippen LogP contribution in [0.25, 0.3) is 0 Å². The molecule has 0 heterocycles. The van der Waals surface area contributed by atoms with Gasteiger partial charge in [-0.1, -0.05) is 18.3 Å². The summed E-state index contributed by atoms with van der Waals surface area (Å²) < 4.78 is 23.5. The van der Waals surface area contributed by atoms with Crippen molar-refractivity contribution in [3.8, 4) is 0 Å². The van der Waals surface area contributed by atoms with Gasteiger partial charge in [0, 0.05) is 12.3 Å². The molecule has 0 aromatic rings. The lowest BCUT2D eigenvalue weighted by atomic mass is 10.4. The molecular formula is C7H13NO3S2. The average molecular weight is 223 g/mol. The summed E-state index contributed by atoms with van der Waals surface area (Å²) >= 11 is 1.06. The number of nitrogens with one attached hydrogen (secondary N) is 1. The van der Waals surface area contributed by atoms with Gasteiger partial charge in [-0.3, -0.25) is 4.79 Å². The third-order valence-corrected chi connectivity index (χ3v) is 2.80. The molecule has 0 radical (unpaired) electrons. The Hall–Kier alpha value is -0.330. The highest BCUT2D eigenvalue weighted by molar-refractivity contribution is 8.14. The minimum absolute atomic E-state index is 0.102. The number of carbonyl (C=O) groups is 1. The zero-order chi connectivity index (χ0) is 10.5. The first kappa shape index (κ1) is 12.7. The number of carbonyl (C=O) groups excluding carboxylic acids is 1. The van der Waals surface area contributed by atoms with Crippen LogP contribution in [0.3, 0.4) is 0 Å². The molecule has 0 aliphatic carbocycles. The zero-order valence-electron chi connectivity index (χ0n) is 7.66. The van der Waals surface area contributed by atoms with E-state index in [0.29, 0.717) is 11.3 Å². The summed E-state index contributed by atoms with van der Waals surface area (Å²) in [7, 11) is -3.14. The van der Waals surface area contributed by atoms with Crippen molar-refractivity contribution in [3.63, 3.8) is 0 Å². The fourth-order valence-corrected chi connectivity index (χ4v) is 1.73. The van der Waals surface area contributed by atoms with Gasteiger partial charge in [-0.15, -0.1) is 0 Å². The monoisotopic (exact) mass is 223 g/mol. The average Bonchev–Trinajstić information content (AvgIpc) is 1.95. The predicted molar refractivity (Wildman–Crippen MR) is 55.1 cm³/mol. The number of sulfonamides is 1. The molecule has 0 aromatic carbocycles. The summed E-state index contributed by atoms with van der Waals surface area (Å²) in [6.07, 6.45) is 1.08. The van der Waals surface area contributed by atoms with Crippen molar-refractivity contribution in [1.82, 2.24) is 4.72 Å². The van der Waals surface area contributed by atoms with Gasteiger partial charge in [0.05, 0.1) is 6.26 Å². The Bertz CT molecular complexity index is 295. The van der Waals surface area contributed by atoms with E-state index in [1.54, 1.807) is 6.92 Å².